The molecule has 0 saturated carbocycles. The molecule has 0 radical (unpaired) electrons. The van der Waals surface area contributed by atoms with Gasteiger partial charge in [-0.2, -0.15) is 0 Å². The predicted octanol–water partition coefficient (Wildman–Crippen LogP) is 3.77. The van der Waals surface area contributed by atoms with Crippen molar-refractivity contribution in [3.63, 3.8) is 0 Å². The highest BCUT2D eigenvalue weighted by Crippen LogP contribution is 2.30. The van der Waals surface area contributed by atoms with Gasteiger partial charge in [-0.05, 0) is 31.4 Å². The zero-order valence-corrected chi connectivity index (χ0v) is 14.6. The molecular formula is C18H22ClFO4. The lowest BCUT2D eigenvalue weighted by Crippen LogP contribution is -2.42. The molecule has 2 heterocycles. The molecule has 132 valence electrons. The van der Waals surface area contributed by atoms with E-state index < -0.39 is 11.9 Å². The summed E-state index contributed by atoms with van der Waals surface area (Å²) in [6.45, 7) is 5.50. The molecule has 2 saturated heterocycles. The van der Waals surface area contributed by atoms with E-state index in [0.717, 1.165) is 6.42 Å². The third-order valence-electron chi connectivity index (χ3n) is 4.62. The van der Waals surface area contributed by atoms with Crippen molar-refractivity contribution < 1.29 is 23.4 Å². The van der Waals surface area contributed by atoms with E-state index in [0.29, 0.717) is 37.7 Å². The number of carbonyl (C=O) groups is 1. The van der Waals surface area contributed by atoms with E-state index in [1.165, 1.54) is 6.07 Å². The smallest absolute Gasteiger partial charge is 0.194 e. The fourth-order valence-electron chi connectivity index (χ4n) is 3.09. The minimum Gasteiger partial charge on any atom is -0.370 e. The molecule has 6 heteroatoms. The number of aryl methyl sites for hydroxylation is 1. The van der Waals surface area contributed by atoms with Gasteiger partial charge in [0.2, 0.25) is 0 Å². The first-order chi connectivity index (χ1) is 11.5. The number of hydrogen-bond donors (Lipinski definition) is 0. The highest BCUT2D eigenvalue weighted by molar-refractivity contribution is 6.32. The molecule has 0 N–H and O–H groups in total. The third kappa shape index (κ3) is 3.64. The Labute approximate surface area is 146 Å². The summed E-state index contributed by atoms with van der Waals surface area (Å²) in [6, 6.07) is 3.12. The molecule has 0 aliphatic carbocycles. The number of carbonyl (C=O) groups excluding carboxylic acids is 1. The number of benzene rings is 1. The van der Waals surface area contributed by atoms with E-state index in [2.05, 4.69) is 6.92 Å². The van der Waals surface area contributed by atoms with E-state index >= 15 is 0 Å². The van der Waals surface area contributed by atoms with Gasteiger partial charge in [0.1, 0.15) is 6.10 Å². The van der Waals surface area contributed by atoms with Gasteiger partial charge in [-0.25, -0.2) is 4.39 Å². The average Bonchev–Trinajstić information content (AvgIpc) is 2.60. The van der Waals surface area contributed by atoms with Gasteiger partial charge in [-0.1, -0.05) is 24.6 Å². The fraction of sp³-hybridized carbons (Fsp3) is 0.611. The van der Waals surface area contributed by atoms with Crippen molar-refractivity contribution in [3.05, 3.63) is 34.1 Å². The lowest BCUT2D eigenvalue weighted by atomic mass is 9.93. The van der Waals surface area contributed by atoms with Crippen LogP contribution in [-0.2, 0) is 14.2 Å². The molecule has 1 aromatic carbocycles. The molecular weight excluding hydrogens is 335 g/mol. The first-order valence-corrected chi connectivity index (χ1v) is 8.68. The second-order valence-electron chi connectivity index (χ2n) is 6.72. The number of ketones is 1. The van der Waals surface area contributed by atoms with Crippen molar-refractivity contribution in [2.45, 2.75) is 39.1 Å². The number of halogens is 2. The summed E-state index contributed by atoms with van der Waals surface area (Å²) >= 11 is 5.90. The molecule has 0 aromatic heterocycles. The molecule has 2 atom stereocenters. The van der Waals surface area contributed by atoms with Gasteiger partial charge in [0.25, 0.3) is 0 Å². The Hall–Kier alpha value is -1.01. The Morgan fingerprint density at radius 2 is 1.88 bits per heavy atom. The maximum atomic E-state index is 14.2. The Balaban J connectivity index is 1.60. The van der Waals surface area contributed by atoms with E-state index in [9.17, 15) is 9.18 Å². The first kappa shape index (κ1) is 17.8. The zero-order valence-electron chi connectivity index (χ0n) is 13.9. The summed E-state index contributed by atoms with van der Waals surface area (Å²) in [5.74, 6) is -0.519. The lowest BCUT2D eigenvalue weighted by Gasteiger charge is -2.36. The Bertz CT molecular complexity index is 605. The molecule has 1 unspecified atom stereocenters. The topological polar surface area (TPSA) is 44.8 Å². The number of rotatable bonds is 3. The Kier molecular flexibility index (Phi) is 5.55. The summed E-state index contributed by atoms with van der Waals surface area (Å²) in [6.07, 6.45) is 0.351. The quantitative estimate of drug-likeness (QED) is 0.773. The predicted molar refractivity (Wildman–Crippen MR) is 87.8 cm³/mol. The highest BCUT2D eigenvalue weighted by atomic mass is 35.5. The summed E-state index contributed by atoms with van der Waals surface area (Å²) in [4.78, 5) is 12.5. The van der Waals surface area contributed by atoms with Crippen LogP contribution in [0.25, 0.3) is 0 Å². The van der Waals surface area contributed by atoms with E-state index in [1.807, 2.05) is 0 Å². The van der Waals surface area contributed by atoms with Crippen molar-refractivity contribution >= 4 is 17.4 Å². The molecule has 3 rings (SSSR count). The number of Topliss-reactive ketones (excluding diaryl/α,β-unsaturated/α-hetero) is 1. The van der Waals surface area contributed by atoms with Gasteiger partial charge in [0.05, 0.1) is 30.4 Å². The van der Waals surface area contributed by atoms with Crippen molar-refractivity contribution in [2.75, 3.05) is 19.8 Å². The molecule has 4 nitrogen and oxygen atoms in total. The third-order valence-corrected chi connectivity index (χ3v) is 5.08. The number of ether oxygens (including phenoxy) is 3. The fourth-order valence-corrected chi connectivity index (χ4v) is 3.25. The normalized spacial score (nSPS) is 31.0. The first-order valence-electron chi connectivity index (χ1n) is 8.31. The van der Waals surface area contributed by atoms with Gasteiger partial charge < -0.3 is 14.2 Å². The lowest BCUT2D eigenvalue weighted by molar-refractivity contribution is -0.236. The zero-order chi connectivity index (χ0) is 17.3. The molecule has 24 heavy (non-hydrogen) atoms. The van der Waals surface area contributed by atoms with Crippen LogP contribution in [0.2, 0.25) is 5.02 Å². The van der Waals surface area contributed by atoms with Crippen LogP contribution >= 0.6 is 11.6 Å². The van der Waals surface area contributed by atoms with Gasteiger partial charge in [0.15, 0.2) is 17.9 Å². The van der Waals surface area contributed by atoms with Crippen LogP contribution in [0, 0.1) is 24.6 Å². The van der Waals surface area contributed by atoms with Crippen molar-refractivity contribution in [1.82, 2.24) is 0 Å². The summed E-state index contributed by atoms with van der Waals surface area (Å²) in [5, 5.41) is -0.00679. The average molecular weight is 357 g/mol. The molecule has 0 spiro atoms. The van der Waals surface area contributed by atoms with Crippen LogP contribution < -0.4 is 0 Å². The molecule has 2 aliphatic rings. The van der Waals surface area contributed by atoms with E-state index in [4.69, 9.17) is 25.8 Å². The second kappa shape index (κ2) is 7.48. The van der Waals surface area contributed by atoms with Gasteiger partial charge >= 0.3 is 0 Å². The second-order valence-corrected chi connectivity index (χ2v) is 7.10. The van der Waals surface area contributed by atoms with Gasteiger partial charge in [-0.15, -0.1) is 0 Å². The van der Waals surface area contributed by atoms with Crippen molar-refractivity contribution in [3.8, 4) is 0 Å². The molecule has 1 aromatic rings. The van der Waals surface area contributed by atoms with Crippen LogP contribution in [0.5, 0.6) is 0 Å². The maximum absolute atomic E-state index is 14.2. The van der Waals surface area contributed by atoms with Crippen molar-refractivity contribution in [1.29, 1.82) is 0 Å². The van der Waals surface area contributed by atoms with Crippen LogP contribution in [0.3, 0.4) is 0 Å². The summed E-state index contributed by atoms with van der Waals surface area (Å²) < 4.78 is 31.3. The van der Waals surface area contributed by atoms with E-state index in [-0.39, 0.29) is 28.6 Å². The minimum atomic E-state index is -0.666. The number of hydrogen-bond acceptors (Lipinski definition) is 4. The summed E-state index contributed by atoms with van der Waals surface area (Å²) in [7, 11) is 0. The largest absolute Gasteiger partial charge is 0.370 e. The Morgan fingerprint density at radius 3 is 2.50 bits per heavy atom. The molecule has 0 bridgehead atoms. The van der Waals surface area contributed by atoms with Crippen LogP contribution in [0.1, 0.15) is 35.7 Å². The van der Waals surface area contributed by atoms with Crippen LogP contribution in [0.15, 0.2) is 12.1 Å². The minimum absolute atomic E-state index is 0.00644. The van der Waals surface area contributed by atoms with Crippen LogP contribution in [0.4, 0.5) is 4.39 Å². The monoisotopic (exact) mass is 356 g/mol. The maximum Gasteiger partial charge on any atom is 0.194 e. The molecule has 0 amide bonds. The standard InChI is InChI=1S/C18H22ClFO4/c1-10-7-23-18(24-8-10)12-4-6-14(22-9-12)17(21)13-5-3-11(2)15(19)16(13)20/h3,5,10,12,14,18H,4,6-9H2,1-2H3/t10?,12?,14-,18?/m0/s1. The summed E-state index contributed by atoms with van der Waals surface area (Å²) in [5.41, 5.74) is 0.601. The molecule has 2 fully saturated rings. The van der Waals surface area contributed by atoms with Gasteiger partial charge in [0, 0.05) is 11.8 Å². The van der Waals surface area contributed by atoms with E-state index in [1.54, 1.807) is 13.0 Å². The van der Waals surface area contributed by atoms with Gasteiger partial charge in [-0.3, -0.25) is 4.79 Å². The van der Waals surface area contributed by atoms with Crippen LogP contribution in [-0.4, -0.2) is 38.0 Å². The SMILES string of the molecule is Cc1ccc(C(=O)[C@@H]2CCC(C3OCC(C)CO3)CO2)c(F)c1Cl. The van der Waals surface area contributed by atoms with Crippen molar-refractivity contribution in [2.24, 2.45) is 11.8 Å². The Morgan fingerprint density at radius 1 is 1.17 bits per heavy atom. The highest BCUT2D eigenvalue weighted by Gasteiger charge is 2.35. The molecule has 2 aliphatic heterocycles.